The van der Waals surface area contributed by atoms with Crippen molar-refractivity contribution in [2.75, 3.05) is 18.6 Å². The first-order valence-electron chi connectivity index (χ1n) is 7.20. The van der Waals surface area contributed by atoms with E-state index in [1.807, 2.05) is 11.8 Å². The summed E-state index contributed by atoms with van der Waals surface area (Å²) < 4.78 is 20.1. The summed E-state index contributed by atoms with van der Waals surface area (Å²) in [6.45, 7) is 3.04. The van der Waals surface area contributed by atoms with Crippen LogP contribution in [-0.4, -0.2) is 39.5 Å². The van der Waals surface area contributed by atoms with E-state index < -0.39 is 0 Å². The van der Waals surface area contributed by atoms with Crippen molar-refractivity contribution >= 4 is 5.82 Å². The third-order valence-electron chi connectivity index (χ3n) is 4.00. The molecule has 1 aliphatic rings. The molecule has 2 aromatic rings. The van der Waals surface area contributed by atoms with E-state index in [4.69, 9.17) is 4.74 Å². The van der Waals surface area contributed by atoms with Crippen LogP contribution in [-0.2, 0) is 11.3 Å². The maximum absolute atomic E-state index is 13.1. The molecule has 22 heavy (non-hydrogen) atoms. The Labute approximate surface area is 126 Å². The van der Waals surface area contributed by atoms with Gasteiger partial charge in [-0.1, -0.05) is 0 Å². The lowest BCUT2D eigenvalue weighted by Crippen LogP contribution is -2.28. The molecule has 0 aliphatic carbocycles. The van der Waals surface area contributed by atoms with Crippen LogP contribution in [0.1, 0.15) is 25.2 Å². The molecule has 0 unspecified atom stereocenters. The smallest absolute Gasteiger partial charge is 0.343 e. The van der Waals surface area contributed by atoms with Crippen LogP contribution in [0.3, 0.4) is 0 Å². The summed E-state index contributed by atoms with van der Waals surface area (Å²) >= 11 is 0. The van der Waals surface area contributed by atoms with Gasteiger partial charge in [0.2, 0.25) is 0 Å². The van der Waals surface area contributed by atoms with Gasteiger partial charge in [0, 0.05) is 26.6 Å². The number of nitrogens with one attached hydrogen (secondary N) is 1. The second kappa shape index (κ2) is 5.88. The summed E-state index contributed by atoms with van der Waals surface area (Å²) in [4.78, 5) is 17.9. The molecule has 7 nitrogen and oxygen atoms in total. The zero-order chi connectivity index (χ0) is 15.7. The van der Waals surface area contributed by atoms with Gasteiger partial charge < -0.3 is 9.64 Å². The second-order valence-corrected chi connectivity index (χ2v) is 5.23. The van der Waals surface area contributed by atoms with E-state index in [9.17, 15) is 9.18 Å². The Morgan fingerprint density at radius 1 is 1.50 bits per heavy atom. The van der Waals surface area contributed by atoms with E-state index >= 15 is 0 Å². The number of ether oxygens (including phenoxy) is 1. The highest BCUT2D eigenvalue weighted by atomic mass is 19.1. The molecule has 1 aliphatic heterocycles. The molecule has 0 bridgehead atoms. The molecule has 0 amide bonds. The van der Waals surface area contributed by atoms with Gasteiger partial charge in [-0.25, -0.2) is 19.3 Å². The van der Waals surface area contributed by atoms with Crippen LogP contribution < -0.4 is 10.6 Å². The first-order chi connectivity index (χ1) is 10.6. The van der Waals surface area contributed by atoms with Gasteiger partial charge in [-0.2, -0.15) is 5.10 Å². The fourth-order valence-corrected chi connectivity index (χ4v) is 2.89. The van der Waals surface area contributed by atoms with Gasteiger partial charge in [0.1, 0.15) is 11.6 Å². The predicted octanol–water partition coefficient (Wildman–Crippen LogP) is 1.09. The van der Waals surface area contributed by atoms with Crippen molar-refractivity contribution in [1.29, 1.82) is 0 Å². The van der Waals surface area contributed by atoms with Crippen LogP contribution in [0.25, 0.3) is 0 Å². The van der Waals surface area contributed by atoms with Gasteiger partial charge in [-0.15, -0.1) is 0 Å². The van der Waals surface area contributed by atoms with Gasteiger partial charge in [0.15, 0.2) is 5.82 Å². The van der Waals surface area contributed by atoms with E-state index in [0.717, 1.165) is 0 Å². The topological polar surface area (TPSA) is 76.0 Å². The minimum Gasteiger partial charge on any atom is -0.380 e. The van der Waals surface area contributed by atoms with E-state index in [0.29, 0.717) is 31.2 Å². The highest BCUT2D eigenvalue weighted by Crippen LogP contribution is 2.35. The monoisotopic (exact) mass is 307 g/mol. The molecule has 0 aromatic carbocycles. The number of halogens is 1. The standard InChI is InChI=1S/C14H18FN5O2/c1-3-19-13(17-18-14(19)21)11-6-10(22-2)8-20(11)12-5-4-9(15)7-16-12/h4-5,7,10-11H,3,6,8H2,1-2H3,(H,18,21)/t10-,11-/m0/s1. The number of nitrogens with zero attached hydrogens (tertiary/aromatic N) is 4. The third-order valence-corrected chi connectivity index (χ3v) is 4.00. The molecule has 3 rings (SSSR count). The number of methoxy groups -OCH3 is 1. The van der Waals surface area contributed by atoms with Crippen LogP contribution in [0.2, 0.25) is 0 Å². The van der Waals surface area contributed by atoms with E-state index in [-0.39, 0.29) is 23.7 Å². The normalized spacial score (nSPS) is 21.5. The number of hydrogen-bond acceptors (Lipinski definition) is 5. The molecule has 2 aromatic heterocycles. The Morgan fingerprint density at radius 2 is 2.32 bits per heavy atom. The Hall–Kier alpha value is -2.22. The fraction of sp³-hybridized carbons (Fsp3) is 0.500. The molecule has 1 N–H and O–H groups in total. The zero-order valence-electron chi connectivity index (χ0n) is 12.5. The van der Waals surface area contributed by atoms with Crippen molar-refractivity contribution in [1.82, 2.24) is 19.7 Å². The molecule has 118 valence electrons. The van der Waals surface area contributed by atoms with Gasteiger partial charge in [0.05, 0.1) is 18.3 Å². The fourth-order valence-electron chi connectivity index (χ4n) is 2.89. The maximum atomic E-state index is 13.1. The minimum atomic E-state index is -0.381. The lowest BCUT2D eigenvalue weighted by molar-refractivity contribution is 0.118. The van der Waals surface area contributed by atoms with Gasteiger partial charge in [-0.05, 0) is 19.1 Å². The summed E-state index contributed by atoms with van der Waals surface area (Å²) in [5, 5.41) is 6.65. The molecular formula is C14H18FN5O2. The Balaban J connectivity index is 1.99. The quantitative estimate of drug-likeness (QED) is 0.915. The lowest BCUT2D eigenvalue weighted by atomic mass is 10.2. The third kappa shape index (κ3) is 2.50. The van der Waals surface area contributed by atoms with Gasteiger partial charge in [0.25, 0.3) is 0 Å². The van der Waals surface area contributed by atoms with Crippen LogP contribution in [0.5, 0.6) is 0 Å². The molecule has 1 fully saturated rings. The molecule has 0 radical (unpaired) electrons. The number of H-pyrrole nitrogens is 1. The van der Waals surface area contributed by atoms with E-state index in [1.54, 1.807) is 17.7 Å². The lowest BCUT2D eigenvalue weighted by Gasteiger charge is -2.24. The maximum Gasteiger partial charge on any atom is 0.343 e. The van der Waals surface area contributed by atoms with Crippen molar-refractivity contribution in [2.24, 2.45) is 0 Å². The zero-order valence-corrected chi connectivity index (χ0v) is 12.5. The summed E-state index contributed by atoms with van der Waals surface area (Å²) in [7, 11) is 1.65. The van der Waals surface area contributed by atoms with Crippen LogP contribution in [0, 0.1) is 5.82 Å². The molecule has 1 saturated heterocycles. The molecule has 0 saturated carbocycles. The first-order valence-corrected chi connectivity index (χ1v) is 7.20. The molecule has 3 heterocycles. The number of anilines is 1. The molecule has 8 heteroatoms. The molecular weight excluding hydrogens is 289 g/mol. The number of aromatic amines is 1. The molecule has 0 spiro atoms. The minimum absolute atomic E-state index is 0.00830. The first kappa shape index (κ1) is 14.7. The van der Waals surface area contributed by atoms with Crippen molar-refractivity contribution in [3.63, 3.8) is 0 Å². The largest absolute Gasteiger partial charge is 0.380 e. The second-order valence-electron chi connectivity index (χ2n) is 5.23. The summed E-state index contributed by atoms with van der Waals surface area (Å²) in [6, 6.07) is 2.86. The number of pyridine rings is 1. The van der Waals surface area contributed by atoms with Crippen LogP contribution in [0.15, 0.2) is 23.1 Å². The van der Waals surface area contributed by atoms with E-state index in [2.05, 4.69) is 15.2 Å². The average Bonchev–Trinajstić information content (AvgIpc) is 3.11. The van der Waals surface area contributed by atoms with Gasteiger partial charge in [-0.3, -0.25) is 4.57 Å². The molecule has 2 atom stereocenters. The van der Waals surface area contributed by atoms with Crippen molar-refractivity contribution in [3.8, 4) is 0 Å². The SMILES string of the molecule is CCn1c([C@@H]2C[C@H](OC)CN2c2ccc(F)cn2)n[nH]c1=O. The van der Waals surface area contributed by atoms with Crippen molar-refractivity contribution < 1.29 is 9.13 Å². The van der Waals surface area contributed by atoms with Crippen LogP contribution >= 0.6 is 0 Å². The van der Waals surface area contributed by atoms with Crippen molar-refractivity contribution in [3.05, 3.63) is 40.5 Å². The average molecular weight is 307 g/mol. The van der Waals surface area contributed by atoms with Crippen molar-refractivity contribution in [2.45, 2.75) is 32.0 Å². The summed E-state index contributed by atoms with van der Waals surface area (Å²) in [5.41, 5.74) is -0.231. The van der Waals surface area contributed by atoms with E-state index in [1.165, 1.54) is 12.3 Å². The Bertz CT molecular complexity index is 696. The van der Waals surface area contributed by atoms with Gasteiger partial charge >= 0.3 is 5.69 Å². The highest BCUT2D eigenvalue weighted by Gasteiger charge is 2.37. The summed E-state index contributed by atoms with van der Waals surface area (Å²) in [6.07, 6.45) is 1.89. The number of hydrogen-bond donors (Lipinski definition) is 1. The summed E-state index contributed by atoms with van der Waals surface area (Å²) in [5.74, 6) is 0.912. The predicted molar refractivity (Wildman–Crippen MR) is 78.2 cm³/mol. The Kier molecular flexibility index (Phi) is 3.93. The van der Waals surface area contributed by atoms with Crippen LogP contribution in [0.4, 0.5) is 10.2 Å². The highest BCUT2D eigenvalue weighted by molar-refractivity contribution is 5.42. The number of aromatic nitrogens is 4. The Morgan fingerprint density at radius 3 is 2.95 bits per heavy atom. The number of rotatable bonds is 4.